The topological polar surface area (TPSA) is 68.0 Å². The molecule has 1 aromatic heterocycles. The molecule has 0 unspecified atom stereocenters. The van der Waals surface area contributed by atoms with Crippen molar-refractivity contribution in [2.24, 2.45) is 0 Å². The third-order valence-electron chi connectivity index (χ3n) is 2.34. The Morgan fingerprint density at radius 2 is 2.16 bits per heavy atom. The number of halogens is 1. The molecule has 0 spiro atoms. The van der Waals surface area contributed by atoms with Crippen molar-refractivity contribution in [2.45, 2.75) is 0 Å². The van der Waals surface area contributed by atoms with Crippen molar-refractivity contribution in [3.8, 4) is 0 Å². The van der Waals surface area contributed by atoms with Crippen LogP contribution in [0.2, 0.25) is 0 Å². The maximum atomic E-state index is 11.7. The first kappa shape index (κ1) is 13.3. The number of hydrogen-bond acceptors (Lipinski definition) is 3. The number of nitrogens with two attached hydrogens (primary N) is 1. The lowest BCUT2D eigenvalue weighted by Gasteiger charge is -2.02. The molecule has 4 nitrogen and oxygen atoms in total. The average molecular weight is 318 g/mol. The van der Waals surface area contributed by atoms with Gasteiger partial charge in [-0.05, 0) is 51.8 Å². The van der Waals surface area contributed by atoms with Gasteiger partial charge in [-0.15, -0.1) is 0 Å². The molecule has 0 aliphatic carbocycles. The average Bonchev–Trinajstić information content (AvgIpc) is 2.39. The summed E-state index contributed by atoms with van der Waals surface area (Å²) in [5.74, 6) is 0.242. The number of carbonyl (C=O) groups is 1. The molecular weight excluding hydrogens is 306 g/mol. The Bertz CT molecular complexity index is 626. The maximum Gasteiger partial charge on any atom is 0.249 e. The number of pyridine rings is 1. The van der Waals surface area contributed by atoms with Crippen LogP contribution < -0.4 is 11.1 Å². The SMILES string of the molecule is Nc1cccc(/C=C/C(=O)Nc2ncccc2Br)c1. The molecule has 0 atom stereocenters. The highest BCUT2D eigenvalue weighted by Crippen LogP contribution is 2.18. The molecule has 0 aliphatic heterocycles. The van der Waals surface area contributed by atoms with E-state index in [0.717, 1.165) is 10.0 Å². The molecule has 2 rings (SSSR count). The van der Waals surface area contributed by atoms with Gasteiger partial charge < -0.3 is 11.1 Å². The van der Waals surface area contributed by atoms with Gasteiger partial charge >= 0.3 is 0 Å². The summed E-state index contributed by atoms with van der Waals surface area (Å²) in [4.78, 5) is 15.8. The van der Waals surface area contributed by atoms with Gasteiger partial charge in [0.25, 0.3) is 0 Å². The van der Waals surface area contributed by atoms with E-state index in [4.69, 9.17) is 5.73 Å². The maximum absolute atomic E-state index is 11.7. The van der Waals surface area contributed by atoms with Crippen molar-refractivity contribution in [3.63, 3.8) is 0 Å². The number of hydrogen-bond donors (Lipinski definition) is 2. The molecule has 2 aromatic rings. The predicted octanol–water partition coefficient (Wildman–Crippen LogP) is 3.08. The van der Waals surface area contributed by atoms with Gasteiger partial charge in [-0.1, -0.05) is 12.1 Å². The fraction of sp³-hybridized carbons (Fsp3) is 0. The number of benzene rings is 1. The number of anilines is 2. The molecule has 0 saturated carbocycles. The van der Waals surface area contributed by atoms with Crippen molar-refractivity contribution < 1.29 is 4.79 Å². The fourth-order valence-electron chi connectivity index (χ4n) is 1.47. The van der Waals surface area contributed by atoms with Gasteiger partial charge in [0.05, 0.1) is 4.47 Å². The quantitative estimate of drug-likeness (QED) is 0.675. The van der Waals surface area contributed by atoms with Crippen molar-refractivity contribution in [2.75, 3.05) is 11.1 Å². The highest BCUT2D eigenvalue weighted by molar-refractivity contribution is 9.10. The Kier molecular flexibility index (Phi) is 4.30. The van der Waals surface area contributed by atoms with Crippen LogP contribution in [-0.2, 0) is 4.79 Å². The van der Waals surface area contributed by atoms with Gasteiger partial charge in [-0.3, -0.25) is 4.79 Å². The molecule has 0 aliphatic rings. The van der Waals surface area contributed by atoms with Crippen LogP contribution in [0, 0.1) is 0 Å². The molecule has 19 heavy (non-hydrogen) atoms. The van der Waals surface area contributed by atoms with Crippen LogP contribution >= 0.6 is 15.9 Å². The van der Waals surface area contributed by atoms with E-state index >= 15 is 0 Å². The van der Waals surface area contributed by atoms with Gasteiger partial charge in [-0.25, -0.2) is 4.98 Å². The highest BCUT2D eigenvalue weighted by atomic mass is 79.9. The summed E-state index contributed by atoms with van der Waals surface area (Å²) in [6, 6.07) is 10.9. The van der Waals surface area contributed by atoms with Crippen LogP contribution in [0.4, 0.5) is 11.5 Å². The van der Waals surface area contributed by atoms with Crippen LogP contribution in [0.5, 0.6) is 0 Å². The molecular formula is C14H12BrN3O. The van der Waals surface area contributed by atoms with E-state index in [1.165, 1.54) is 6.08 Å². The number of aromatic nitrogens is 1. The van der Waals surface area contributed by atoms with E-state index in [9.17, 15) is 4.79 Å². The zero-order valence-corrected chi connectivity index (χ0v) is 11.6. The monoisotopic (exact) mass is 317 g/mol. The van der Waals surface area contributed by atoms with Crippen LogP contribution in [0.3, 0.4) is 0 Å². The van der Waals surface area contributed by atoms with Crippen LogP contribution in [0.15, 0.2) is 53.1 Å². The number of carbonyl (C=O) groups excluding carboxylic acids is 1. The Balaban J connectivity index is 2.04. The first-order chi connectivity index (χ1) is 9.15. The summed E-state index contributed by atoms with van der Waals surface area (Å²) < 4.78 is 0.737. The normalized spacial score (nSPS) is 10.6. The van der Waals surface area contributed by atoms with E-state index in [0.29, 0.717) is 11.5 Å². The number of nitrogens with zero attached hydrogens (tertiary/aromatic N) is 1. The Labute approximate surface area is 119 Å². The second-order valence-corrected chi connectivity index (χ2v) is 4.68. The third kappa shape index (κ3) is 3.93. The Morgan fingerprint density at radius 1 is 1.32 bits per heavy atom. The van der Waals surface area contributed by atoms with Gasteiger partial charge in [-0.2, -0.15) is 0 Å². The molecule has 1 amide bonds. The zero-order valence-electron chi connectivity index (χ0n) is 10.0. The van der Waals surface area contributed by atoms with E-state index in [1.807, 2.05) is 18.2 Å². The molecule has 5 heteroatoms. The molecule has 0 saturated heterocycles. The summed E-state index contributed by atoms with van der Waals surface area (Å²) in [7, 11) is 0. The van der Waals surface area contributed by atoms with E-state index in [-0.39, 0.29) is 5.91 Å². The summed E-state index contributed by atoms with van der Waals surface area (Å²) in [6.07, 6.45) is 4.75. The Morgan fingerprint density at radius 3 is 2.89 bits per heavy atom. The van der Waals surface area contributed by atoms with Crippen LogP contribution in [0.25, 0.3) is 6.08 Å². The van der Waals surface area contributed by atoms with Crippen LogP contribution in [0.1, 0.15) is 5.56 Å². The number of rotatable bonds is 3. The smallest absolute Gasteiger partial charge is 0.249 e. The van der Waals surface area contributed by atoms with E-state index in [1.54, 1.807) is 30.5 Å². The van der Waals surface area contributed by atoms with Gasteiger partial charge in [0.2, 0.25) is 5.91 Å². The van der Waals surface area contributed by atoms with Crippen molar-refractivity contribution in [1.82, 2.24) is 4.98 Å². The van der Waals surface area contributed by atoms with E-state index < -0.39 is 0 Å². The lowest BCUT2D eigenvalue weighted by atomic mass is 10.2. The van der Waals surface area contributed by atoms with Gasteiger partial charge in [0.1, 0.15) is 5.82 Å². The predicted molar refractivity (Wildman–Crippen MR) is 80.5 cm³/mol. The zero-order chi connectivity index (χ0) is 13.7. The van der Waals surface area contributed by atoms with Crippen molar-refractivity contribution in [3.05, 3.63) is 58.7 Å². The number of nitrogens with one attached hydrogen (secondary N) is 1. The molecule has 3 N–H and O–H groups in total. The number of nitrogen functional groups attached to an aromatic ring is 1. The van der Waals surface area contributed by atoms with Crippen molar-refractivity contribution >= 4 is 39.4 Å². The number of amides is 1. The lowest BCUT2D eigenvalue weighted by molar-refractivity contribution is -0.111. The summed E-state index contributed by atoms with van der Waals surface area (Å²) >= 11 is 3.31. The second-order valence-electron chi connectivity index (χ2n) is 3.83. The van der Waals surface area contributed by atoms with Crippen LogP contribution in [-0.4, -0.2) is 10.9 Å². The van der Waals surface area contributed by atoms with Gasteiger partial charge in [0, 0.05) is 18.0 Å². The molecule has 1 aromatic carbocycles. The largest absolute Gasteiger partial charge is 0.399 e. The van der Waals surface area contributed by atoms with E-state index in [2.05, 4.69) is 26.2 Å². The Hall–Kier alpha value is -2.14. The van der Waals surface area contributed by atoms with Crippen molar-refractivity contribution in [1.29, 1.82) is 0 Å². The molecule has 0 fully saturated rings. The summed E-state index contributed by atoms with van der Waals surface area (Å²) in [5, 5.41) is 2.68. The van der Waals surface area contributed by atoms with Gasteiger partial charge in [0.15, 0.2) is 0 Å². The first-order valence-electron chi connectivity index (χ1n) is 5.60. The fourth-order valence-corrected chi connectivity index (χ4v) is 1.82. The summed E-state index contributed by atoms with van der Waals surface area (Å²) in [6.45, 7) is 0. The lowest BCUT2D eigenvalue weighted by Crippen LogP contribution is -2.09. The molecule has 96 valence electrons. The molecule has 0 radical (unpaired) electrons. The third-order valence-corrected chi connectivity index (χ3v) is 2.98. The molecule has 0 bridgehead atoms. The summed E-state index contributed by atoms with van der Waals surface area (Å²) in [5.41, 5.74) is 7.19. The minimum atomic E-state index is -0.248. The molecule has 1 heterocycles. The minimum absolute atomic E-state index is 0.248. The highest BCUT2D eigenvalue weighted by Gasteiger charge is 2.02. The standard InChI is InChI=1S/C14H12BrN3O/c15-12-5-2-8-17-14(12)18-13(19)7-6-10-3-1-4-11(16)9-10/h1-9H,16H2,(H,17,18,19)/b7-6+. The minimum Gasteiger partial charge on any atom is -0.399 e. The second kappa shape index (κ2) is 6.15. The first-order valence-corrected chi connectivity index (χ1v) is 6.39.